The van der Waals surface area contributed by atoms with Crippen LogP contribution in [0.15, 0.2) is 47.7 Å². The van der Waals surface area contributed by atoms with Gasteiger partial charge in [-0.15, -0.1) is 0 Å². The van der Waals surface area contributed by atoms with E-state index in [1.165, 1.54) is 16.2 Å². The van der Waals surface area contributed by atoms with Crippen LogP contribution in [0.5, 0.6) is 0 Å². The number of nitrogens with zero attached hydrogens (tertiary/aromatic N) is 1. The number of hydrogen-bond donors (Lipinski definition) is 3. The molecule has 0 aliphatic rings. The number of H-pyrrole nitrogens is 2. The topological polar surface area (TPSA) is 82.2 Å². The van der Waals surface area contributed by atoms with Crippen LogP contribution in [-0.4, -0.2) is 20.3 Å². The summed E-state index contributed by atoms with van der Waals surface area (Å²) in [7, 11) is 0. The molecule has 6 nitrogen and oxygen atoms in total. The summed E-state index contributed by atoms with van der Waals surface area (Å²) in [4.78, 5) is 31.7. The van der Waals surface area contributed by atoms with Crippen LogP contribution < -0.4 is 10.9 Å². The standard InChI is InChI=1S/C22H24N4O2/c1-5-13-8-19-24-10-16(21(28)26(19)12-13)20(27)25-14-6-7-15-17(22(2,3)4)11-23-18(15)9-14/h6-12,23-24H,5H2,1-4H3,(H,25,27). The number of fused-ring (bicyclic) bond motifs is 2. The fourth-order valence-electron chi connectivity index (χ4n) is 3.51. The van der Waals surface area contributed by atoms with Gasteiger partial charge >= 0.3 is 0 Å². The van der Waals surface area contributed by atoms with E-state index in [1.807, 2.05) is 37.4 Å². The average Bonchev–Trinajstić information content (AvgIpc) is 3.25. The minimum absolute atomic E-state index is 0.0276. The maximum absolute atomic E-state index is 12.7. The molecule has 3 aromatic heterocycles. The highest BCUT2D eigenvalue weighted by molar-refractivity contribution is 6.05. The van der Waals surface area contributed by atoms with Crippen LogP contribution in [0.3, 0.4) is 0 Å². The lowest BCUT2D eigenvalue weighted by atomic mass is 9.87. The first-order valence-corrected chi connectivity index (χ1v) is 9.43. The first-order chi connectivity index (χ1) is 13.3. The minimum atomic E-state index is -0.433. The van der Waals surface area contributed by atoms with Gasteiger partial charge in [-0.3, -0.25) is 14.0 Å². The number of carbonyl (C=O) groups is 1. The van der Waals surface area contributed by atoms with E-state index in [0.717, 1.165) is 22.9 Å². The van der Waals surface area contributed by atoms with Crippen LogP contribution >= 0.6 is 0 Å². The predicted octanol–water partition coefficient (Wildman–Crippen LogP) is 4.22. The van der Waals surface area contributed by atoms with Crippen molar-refractivity contribution in [3.8, 4) is 0 Å². The number of anilines is 1. The number of benzene rings is 1. The number of hydrogen-bond acceptors (Lipinski definition) is 2. The van der Waals surface area contributed by atoms with Crippen molar-refractivity contribution in [2.75, 3.05) is 5.32 Å². The van der Waals surface area contributed by atoms with E-state index in [2.05, 4.69) is 36.1 Å². The quantitative estimate of drug-likeness (QED) is 0.500. The van der Waals surface area contributed by atoms with Crippen LogP contribution in [0.25, 0.3) is 16.6 Å². The summed E-state index contributed by atoms with van der Waals surface area (Å²) < 4.78 is 1.48. The molecule has 4 aromatic rings. The van der Waals surface area contributed by atoms with Crippen molar-refractivity contribution in [2.24, 2.45) is 0 Å². The lowest BCUT2D eigenvalue weighted by Crippen LogP contribution is -2.25. The Hall–Kier alpha value is -3.28. The third-order valence-corrected chi connectivity index (χ3v) is 5.09. The summed E-state index contributed by atoms with van der Waals surface area (Å²) in [5.41, 5.74) is 4.31. The van der Waals surface area contributed by atoms with E-state index in [1.54, 1.807) is 6.20 Å². The Kier molecular flexibility index (Phi) is 4.14. The molecule has 1 aromatic carbocycles. The van der Waals surface area contributed by atoms with Crippen molar-refractivity contribution in [2.45, 2.75) is 39.5 Å². The Morgan fingerprint density at radius 2 is 1.93 bits per heavy atom. The van der Waals surface area contributed by atoms with Crippen LogP contribution in [0.4, 0.5) is 5.69 Å². The molecule has 0 aliphatic heterocycles. The summed E-state index contributed by atoms with van der Waals surface area (Å²) in [6, 6.07) is 7.66. The van der Waals surface area contributed by atoms with Crippen molar-refractivity contribution >= 4 is 28.1 Å². The molecular formula is C22H24N4O2. The van der Waals surface area contributed by atoms with Crippen molar-refractivity contribution in [1.82, 2.24) is 14.4 Å². The normalized spacial score (nSPS) is 12.0. The maximum Gasteiger partial charge on any atom is 0.270 e. The molecule has 3 N–H and O–H groups in total. The van der Waals surface area contributed by atoms with Crippen LogP contribution in [0.2, 0.25) is 0 Å². The zero-order chi connectivity index (χ0) is 20.1. The second-order valence-corrected chi connectivity index (χ2v) is 8.13. The summed E-state index contributed by atoms with van der Waals surface area (Å²) in [5, 5.41) is 3.96. The highest BCUT2D eigenvalue weighted by atomic mass is 16.2. The number of rotatable bonds is 3. The van der Waals surface area contributed by atoms with Gasteiger partial charge in [0.2, 0.25) is 0 Å². The summed E-state index contributed by atoms with van der Waals surface area (Å²) >= 11 is 0. The molecule has 0 spiro atoms. The number of amides is 1. The Labute approximate surface area is 162 Å². The number of carbonyl (C=O) groups excluding carboxylic acids is 1. The van der Waals surface area contributed by atoms with Crippen LogP contribution in [0.1, 0.15) is 49.2 Å². The third-order valence-electron chi connectivity index (χ3n) is 5.09. The van der Waals surface area contributed by atoms with E-state index in [-0.39, 0.29) is 16.5 Å². The zero-order valence-corrected chi connectivity index (χ0v) is 16.5. The van der Waals surface area contributed by atoms with Crippen LogP contribution in [-0.2, 0) is 11.8 Å². The summed E-state index contributed by atoms with van der Waals surface area (Å²) in [6.07, 6.45) is 6.07. The number of aromatic amines is 2. The molecule has 0 radical (unpaired) electrons. The Morgan fingerprint density at radius 1 is 1.14 bits per heavy atom. The average molecular weight is 376 g/mol. The number of nitrogens with one attached hydrogen (secondary N) is 3. The van der Waals surface area contributed by atoms with Gasteiger partial charge in [-0.1, -0.05) is 33.8 Å². The second-order valence-electron chi connectivity index (χ2n) is 8.13. The number of aromatic nitrogens is 3. The molecule has 144 valence electrons. The lowest BCUT2D eigenvalue weighted by molar-refractivity contribution is 0.102. The van der Waals surface area contributed by atoms with Crippen LogP contribution in [0, 0.1) is 0 Å². The highest BCUT2D eigenvalue weighted by Crippen LogP contribution is 2.31. The van der Waals surface area contributed by atoms with Gasteiger partial charge in [0, 0.05) is 35.2 Å². The molecule has 0 fully saturated rings. The van der Waals surface area contributed by atoms with E-state index in [9.17, 15) is 9.59 Å². The van der Waals surface area contributed by atoms with Gasteiger partial charge in [0.05, 0.1) is 0 Å². The molecule has 0 saturated heterocycles. The summed E-state index contributed by atoms with van der Waals surface area (Å²) in [6.45, 7) is 8.52. The Morgan fingerprint density at radius 3 is 2.64 bits per heavy atom. The third kappa shape index (κ3) is 3.01. The molecule has 0 saturated carbocycles. The van der Waals surface area contributed by atoms with Gasteiger partial charge in [-0.25, -0.2) is 0 Å². The van der Waals surface area contributed by atoms with Gasteiger partial charge in [0.25, 0.3) is 11.5 Å². The van der Waals surface area contributed by atoms with Gasteiger partial charge in [-0.05, 0) is 41.2 Å². The van der Waals surface area contributed by atoms with E-state index < -0.39 is 5.91 Å². The summed E-state index contributed by atoms with van der Waals surface area (Å²) in [5.74, 6) is -0.433. The zero-order valence-electron chi connectivity index (χ0n) is 16.5. The Balaban J connectivity index is 1.66. The maximum atomic E-state index is 12.7. The molecule has 0 bridgehead atoms. The molecule has 6 heteroatoms. The first kappa shape index (κ1) is 18.1. The molecule has 0 unspecified atom stereocenters. The predicted molar refractivity (Wildman–Crippen MR) is 112 cm³/mol. The molecule has 0 atom stereocenters. The van der Waals surface area contributed by atoms with Crippen molar-refractivity contribution in [1.29, 1.82) is 0 Å². The lowest BCUT2D eigenvalue weighted by Gasteiger charge is -2.17. The second kappa shape index (κ2) is 6.41. The molecule has 28 heavy (non-hydrogen) atoms. The SMILES string of the molecule is CCc1cc2[nH]cc(C(=O)Nc3ccc4c(C(C)(C)C)c[nH]c4c3)c(=O)n2c1. The van der Waals surface area contributed by atoms with Crippen molar-refractivity contribution in [3.05, 3.63) is 69.9 Å². The van der Waals surface area contributed by atoms with Gasteiger partial charge < -0.3 is 15.3 Å². The molecule has 3 heterocycles. The highest BCUT2D eigenvalue weighted by Gasteiger charge is 2.19. The van der Waals surface area contributed by atoms with E-state index in [0.29, 0.717) is 11.3 Å². The van der Waals surface area contributed by atoms with Gasteiger partial charge in [-0.2, -0.15) is 0 Å². The molecule has 4 rings (SSSR count). The fraction of sp³-hybridized carbons (Fsp3) is 0.273. The monoisotopic (exact) mass is 376 g/mol. The Bertz CT molecular complexity index is 1250. The van der Waals surface area contributed by atoms with Gasteiger partial charge in [0.15, 0.2) is 0 Å². The van der Waals surface area contributed by atoms with Crippen molar-refractivity contribution in [3.63, 3.8) is 0 Å². The fourth-order valence-corrected chi connectivity index (χ4v) is 3.51. The number of aryl methyl sites for hydroxylation is 1. The largest absolute Gasteiger partial charge is 0.361 e. The molecule has 1 amide bonds. The van der Waals surface area contributed by atoms with E-state index in [4.69, 9.17) is 0 Å². The molecule has 0 aliphatic carbocycles. The van der Waals surface area contributed by atoms with E-state index >= 15 is 0 Å². The first-order valence-electron chi connectivity index (χ1n) is 9.43. The molecular weight excluding hydrogens is 352 g/mol. The van der Waals surface area contributed by atoms with Crippen molar-refractivity contribution < 1.29 is 4.79 Å². The van der Waals surface area contributed by atoms with Gasteiger partial charge in [0.1, 0.15) is 11.2 Å². The smallest absolute Gasteiger partial charge is 0.270 e. The minimum Gasteiger partial charge on any atom is -0.361 e.